The molecule has 1 aliphatic heterocycles. The van der Waals surface area contributed by atoms with Gasteiger partial charge in [-0.05, 0) is 50.9 Å². The highest BCUT2D eigenvalue weighted by atomic mass is 16.5. The Morgan fingerprint density at radius 1 is 1.31 bits per heavy atom. The van der Waals surface area contributed by atoms with Crippen LogP contribution in [0.2, 0.25) is 0 Å². The summed E-state index contributed by atoms with van der Waals surface area (Å²) in [7, 11) is 1.48. The number of piperidine rings is 1. The van der Waals surface area contributed by atoms with Crippen molar-refractivity contribution in [3.63, 3.8) is 0 Å². The van der Waals surface area contributed by atoms with E-state index in [0.29, 0.717) is 29.6 Å². The first-order valence-corrected chi connectivity index (χ1v) is 9.12. The number of benzene rings is 1. The number of carbonyl (C=O) groups is 2. The van der Waals surface area contributed by atoms with E-state index >= 15 is 0 Å². The first-order valence-electron chi connectivity index (χ1n) is 9.12. The smallest absolute Gasteiger partial charge is 0.255 e. The topological polar surface area (TPSA) is 93.9 Å². The van der Waals surface area contributed by atoms with Crippen molar-refractivity contribution in [1.82, 2.24) is 10.2 Å². The number of nitrogens with one attached hydrogen (secondary N) is 1. The number of ether oxygens (including phenoxy) is 2. The number of likely N-dealkylation sites (tertiary alicyclic amines) is 1. The van der Waals surface area contributed by atoms with E-state index in [1.54, 1.807) is 18.2 Å². The summed E-state index contributed by atoms with van der Waals surface area (Å²) in [6, 6.07) is 5.47. The Bertz CT molecular complexity index is 621. The van der Waals surface area contributed by atoms with Gasteiger partial charge in [0.15, 0.2) is 18.1 Å². The maximum Gasteiger partial charge on any atom is 0.255 e. The minimum absolute atomic E-state index is 0.156. The van der Waals surface area contributed by atoms with Crippen LogP contribution in [0.3, 0.4) is 0 Å². The summed E-state index contributed by atoms with van der Waals surface area (Å²) in [5, 5.41) is 2.94. The zero-order valence-electron chi connectivity index (χ0n) is 15.6. The standard InChI is InChI=1S/C19H29N3O4/c1-14-6-3-4-10-22(14)11-5-9-21-19(24)15-7-8-16(17(12-15)25-2)26-13-18(20)23/h7-8,12,14H,3-6,9-11,13H2,1-2H3,(H2,20,23)(H,21,24)/t14-/m0/s1. The number of nitrogens with zero attached hydrogens (tertiary/aromatic N) is 1. The van der Waals surface area contributed by atoms with Crippen LogP contribution in [-0.2, 0) is 4.79 Å². The first kappa shape index (κ1) is 20.0. The van der Waals surface area contributed by atoms with Crippen LogP contribution < -0.4 is 20.5 Å². The molecule has 0 saturated carbocycles. The molecule has 0 radical (unpaired) electrons. The number of carbonyl (C=O) groups excluding carboxylic acids is 2. The number of amides is 2. The molecule has 1 atom stereocenters. The molecule has 144 valence electrons. The number of primary amides is 1. The minimum atomic E-state index is -0.572. The van der Waals surface area contributed by atoms with Gasteiger partial charge in [-0.2, -0.15) is 0 Å². The summed E-state index contributed by atoms with van der Waals surface area (Å²) >= 11 is 0. The Labute approximate surface area is 154 Å². The fourth-order valence-electron chi connectivity index (χ4n) is 3.15. The van der Waals surface area contributed by atoms with Gasteiger partial charge in [-0.25, -0.2) is 0 Å². The van der Waals surface area contributed by atoms with Crippen molar-refractivity contribution in [2.24, 2.45) is 5.73 Å². The van der Waals surface area contributed by atoms with Gasteiger partial charge < -0.3 is 25.4 Å². The summed E-state index contributed by atoms with van der Waals surface area (Å²) < 4.78 is 10.5. The second kappa shape index (κ2) is 10.0. The predicted molar refractivity (Wildman–Crippen MR) is 99.5 cm³/mol. The van der Waals surface area contributed by atoms with Crippen molar-refractivity contribution in [1.29, 1.82) is 0 Å². The van der Waals surface area contributed by atoms with Gasteiger partial charge >= 0.3 is 0 Å². The van der Waals surface area contributed by atoms with E-state index in [0.717, 1.165) is 19.5 Å². The molecule has 3 N–H and O–H groups in total. The van der Waals surface area contributed by atoms with Crippen molar-refractivity contribution in [3.05, 3.63) is 23.8 Å². The predicted octanol–water partition coefficient (Wildman–Crippen LogP) is 1.55. The third kappa shape index (κ3) is 5.91. The molecule has 0 bridgehead atoms. The van der Waals surface area contributed by atoms with E-state index in [1.165, 1.54) is 26.4 Å². The molecule has 0 aromatic heterocycles. The quantitative estimate of drug-likeness (QED) is 0.649. The van der Waals surface area contributed by atoms with E-state index in [9.17, 15) is 9.59 Å². The van der Waals surface area contributed by atoms with Crippen molar-refractivity contribution < 1.29 is 19.1 Å². The van der Waals surface area contributed by atoms with Crippen molar-refractivity contribution in [2.75, 3.05) is 33.4 Å². The van der Waals surface area contributed by atoms with Gasteiger partial charge in [0.1, 0.15) is 0 Å². The highest BCUT2D eigenvalue weighted by Crippen LogP contribution is 2.28. The second-order valence-corrected chi connectivity index (χ2v) is 6.61. The summed E-state index contributed by atoms with van der Waals surface area (Å²) in [5.41, 5.74) is 5.55. The van der Waals surface area contributed by atoms with Crippen LogP contribution >= 0.6 is 0 Å². The molecule has 1 aliphatic rings. The van der Waals surface area contributed by atoms with Gasteiger partial charge in [0.2, 0.25) is 0 Å². The molecule has 1 aromatic carbocycles. The van der Waals surface area contributed by atoms with Gasteiger partial charge in [-0.3, -0.25) is 9.59 Å². The molecule has 1 aromatic rings. The van der Waals surface area contributed by atoms with Gasteiger partial charge in [0, 0.05) is 24.7 Å². The molecule has 7 nitrogen and oxygen atoms in total. The van der Waals surface area contributed by atoms with E-state index in [-0.39, 0.29) is 12.5 Å². The Kier molecular flexibility index (Phi) is 7.72. The van der Waals surface area contributed by atoms with Crippen LogP contribution in [0, 0.1) is 0 Å². The SMILES string of the molecule is COc1cc(C(=O)NCCCN2CCCC[C@@H]2C)ccc1OCC(N)=O. The molecule has 1 heterocycles. The highest BCUT2D eigenvalue weighted by Gasteiger charge is 2.17. The number of methoxy groups -OCH3 is 1. The van der Waals surface area contributed by atoms with Gasteiger partial charge in [-0.15, -0.1) is 0 Å². The zero-order valence-corrected chi connectivity index (χ0v) is 15.6. The molecular weight excluding hydrogens is 334 g/mol. The molecule has 0 unspecified atom stereocenters. The number of nitrogens with two attached hydrogens (primary N) is 1. The van der Waals surface area contributed by atoms with Crippen LogP contribution in [-0.4, -0.2) is 56.1 Å². The van der Waals surface area contributed by atoms with Crippen LogP contribution in [0.25, 0.3) is 0 Å². The van der Waals surface area contributed by atoms with Crippen molar-refractivity contribution >= 4 is 11.8 Å². The summed E-state index contributed by atoms with van der Waals surface area (Å²) in [5.74, 6) is 0.0383. The maximum atomic E-state index is 12.3. The molecular formula is C19H29N3O4. The third-order valence-electron chi connectivity index (χ3n) is 4.64. The lowest BCUT2D eigenvalue weighted by molar-refractivity contribution is -0.119. The molecule has 0 spiro atoms. The fraction of sp³-hybridized carbons (Fsp3) is 0.579. The lowest BCUT2D eigenvalue weighted by Gasteiger charge is -2.33. The average molecular weight is 363 g/mol. The molecule has 0 aliphatic carbocycles. The lowest BCUT2D eigenvalue weighted by Crippen LogP contribution is -2.39. The molecule has 26 heavy (non-hydrogen) atoms. The Morgan fingerprint density at radius 2 is 2.12 bits per heavy atom. The van der Waals surface area contributed by atoms with Crippen LogP contribution in [0.5, 0.6) is 11.5 Å². The monoisotopic (exact) mass is 363 g/mol. The van der Waals surface area contributed by atoms with Crippen LogP contribution in [0.1, 0.15) is 43.0 Å². The number of hydrogen-bond acceptors (Lipinski definition) is 5. The lowest BCUT2D eigenvalue weighted by atomic mass is 10.0. The normalized spacial score (nSPS) is 17.5. The van der Waals surface area contributed by atoms with Crippen molar-refractivity contribution in [3.8, 4) is 11.5 Å². The van der Waals surface area contributed by atoms with E-state index < -0.39 is 5.91 Å². The Morgan fingerprint density at radius 3 is 2.81 bits per heavy atom. The molecule has 2 amide bonds. The first-order chi connectivity index (χ1) is 12.5. The average Bonchev–Trinajstić information content (AvgIpc) is 2.64. The van der Waals surface area contributed by atoms with Gasteiger partial charge in [0.05, 0.1) is 7.11 Å². The second-order valence-electron chi connectivity index (χ2n) is 6.61. The summed E-state index contributed by atoms with van der Waals surface area (Å²) in [6.07, 6.45) is 4.76. The third-order valence-corrected chi connectivity index (χ3v) is 4.64. The Balaban J connectivity index is 1.81. The summed E-state index contributed by atoms with van der Waals surface area (Å²) in [6.45, 7) is 4.82. The number of hydrogen-bond donors (Lipinski definition) is 2. The van der Waals surface area contributed by atoms with Gasteiger partial charge in [-0.1, -0.05) is 6.42 Å². The minimum Gasteiger partial charge on any atom is -0.493 e. The Hall–Kier alpha value is -2.28. The van der Waals surface area contributed by atoms with Crippen LogP contribution in [0.15, 0.2) is 18.2 Å². The maximum absolute atomic E-state index is 12.3. The largest absolute Gasteiger partial charge is 0.493 e. The fourth-order valence-corrected chi connectivity index (χ4v) is 3.15. The highest BCUT2D eigenvalue weighted by molar-refractivity contribution is 5.94. The molecule has 1 saturated heterocycles. The van der Waals surface area contributed by atoms with Crippen molar-refractivity contribution in [2.45, 2.75) is 38.6 Å². The van der Waals surface area contributed by atoms with E-state index in [2.05, 4.69) is 17.1 Å². The number of rotatable bonds is 9. The molecule has 2 rings (SSSR count). The van der Waals surface area contributed by atoms with E-state index in [1.807, 2.05) is 0 Å². The van der Waals surface area contributed by atoms with Crippen LogP contribution in [0.4, 0.5) is 0 Å². The van der Waals surface area contributed by atoms with E-state index in [4.69, 9.17) is 15.2 Å². The summed E-state index contributed by atoms with van der Waals surface area (Å²) in [4.78, 5) is 25.6. The molecule has 7 heteroatoms. The molecule has 1 fully saturated rings. The zero-order chi connectivity index (χ0) is 18.9. The van der Waals surface area contributed by atoms with Gasteiger partial charge in [0.25, 0.3) is 11.8 Å².